The second-order valence-electron chi connectivity index (χ2n) is 16.4. The van der Waals surface area contributed by atoms with E-state index in [1.807, 2.05) is 0 Å². The highest BCUT2D eigenvalue weighted by Gasteiger charge is 2.33. The minimum atomic E-state index is 0.544. The summed E-state index contributed by atoms with van der Waals surface area (Å²) < 4.78 is 0. The Hall–Kier alpha value is -3.64. The molecule has 0 heterocycles. The van der Waals surface area contributed by atoms with Crippen molar-refractivity contribution in [2.24, 2.45) is 11.8 Å². The van der Waals surface area contributed by atoms with Gasteiger partial charge in [-0.1, -0.05) is 162 Å². The molecule has 4 aromatic carbocycles. The van der Waals surface area contributed by atoms with Gasteiger partial charge in [0.1, 0.15) is 0 Å². The van der Waals surface area contributed by atoms with Gasteiger partial charge in [-0.15, -0.1) is 0 Å². The number of allylic oxidation sites excluding steroid dienone is 4. The number of hydrogen-bond acceptors (Lipinski definition) is 0. The molecule has 0 heteroatoms. The zero-order chi connectivity index (χ0) is 34.2. The normalized spacial score (nSPS) is 18.4. The maximum atomic E-state index is 2.61. The van der Waals surface area contributed by atoms with E-state index < -0.39 is 0 Å². The van der Waals surface area contributed by atoms with Gasteiger partial charge in [-0.25, -0.2) is 0 Å². The van der Waals surface area contributed by atoms with Gasteiger partial charge in [0.25, 0.3) is 0 Å². The van der Waals surface area contributed by atoms with Gasteiger partial charge < -0.3 is 0 Å². The molecular formula is C50H56. The van der Waals surface area contributed by atoms with E-state index in [0.717, 1.165) is 12.8 Å². The van der Waals surface area contributed by atoms with Crippen molar-refractivity contribution in [1.29, 1.82) is 0 Å². The van der Waals surface area contributed by atoms with Crippen LogP contribution in [0.25, 0.3) is 33.4 Å². The molecule has 0 unspecified atom stereocenters. The lowest BCUT2D eigenvalue weighted by atomic mass is 9.79. The fourth-order valence-electron chi connectivity index (χ4n) is 9.77. The lowest BCUT2D eigenvalue weighted by molar-refractivity contribution is 0.406. The summed E-state index contributed by atoms with van der Waals surface area (Å²) in [6.45, 7) is 9.18. The summed E-state index contributed by atoms with van der Waals surface area (Å²) in [7, 11) is 0. The van der Waals surface area contributed by atoms with E-state index in [0.29, 0.717) is 23.7 Å². The Labute approximate surface area is 303 Å². The van der Waals surface area contributed by atoms with Crippen molar-refractivity contribution in [3.63, 3.8) is 0 Å². The van der Waals surface area contributed by atoms with Gasteiger partial charge >= 0.3 is 0 Å². The predicted molar refractivity (Wildman–Crippen MR) is 215 cm³/mol. The summed E-state index contributed by atoms with van der Waals surface area (Å²) in [5.74, 6) is 2.46. The third-order valence-corrected chi connectivity index (χ3v) is 12.6. The Morgan fingerprint density at radius 3 is 1.20 bits per heavy atom. The molecule has 0 aromatic heterocycles. The smallest absolute Gasteiger partial charge is 0.0170 e. The maximum absolute atomic E-state index is 2.61. The number of benzene rings is 4. The quantitative estimate of drug-likeness (QED) is 0.168. The summed E-state index contributed by atoms with van der Waals surface area (Å²) in [6.07, 6.45) is 21.0. The zero-order valence-corrected chi connectivity index (χ0v) is 31.0. The van der Waals surface area contributed by atoms with Crippen LogP contribution in [-0.2, 0) is 0 Å². The summed E-state index contributed by atoms with van der Waals surface area (Å²) in [5.41, 5.74) is 20.9. The SMILES string of the molecule is CC(C)c1ccc(-c2cccc3c2C(CCC2=C(C4CCCCC4)[CH]c4cccc(-c5ccc(C(C)C)cc5)c42)=C(C2CCCCC2)[CH]3)cc1. The van der Waals surface area contributed by atoms with Crippen LogP contribution >= 0.6 is 0 Å². The zero-order valence-electron chi connectivity index (χ0n) is 31.0. The third kappa shape index (κ3) is 6.49. The Morgan fingerprint density at radius 2 is 0.840 bits per heavy atom. The Morgan fingerprint density at radius 1 is 0.460 bits per heavy atom. The first kappa shape index (κ1) is 33.5. The standard InChI is InChI=1S/C50H56/c1-33(2)35-21-25-39(26-22-35)43-19-11-17-41-31-47(37-13-7-5-8-14-37)45(49(41)43)29-30-46-48(38-15-9-6-10-16-38)32-42-18-12-20-44(50(42)46)40-27-23-36(24-28-40)34(3)4/h11-12,17-28,31-34,37-38H,5-10,13-16,29-30H2,1-4H3. The molecule has 0 bridgehead atoms. The monoisotopic (exact) mass is 656 g/mol. The van der Waals surface area contributed by atoms with Crippen LogP contribution in [0.3, 0.4) is 0 Å². The first-order chi connectivity index (χ1) is 24.5. The van der Waals surface area contributed by atoms with E-state index in [1.165, 1.54) is 120 Å². The van der Waals surface area contributed by atoms with E-state index in [4.69, 9.17) is 0 Å². The summed E-state index contributed by atoms with van der Waals surface area (Å²) in [4.78, 5) is 0. The highest BCUT2D eigenvalue weighted by atomic mass is 14.4. The molecule has 0 amide bonds. The van der Waals surface area contributed by atoms with Gasteiger partial charge in [-0.3, -0.25) is 0 Å². The van der Waals surface area contributed by atoms with Crippen LogP contribution in [-0.4, -0.2) is 0 Å². The van der Waals surface area contributed by atoms with E-state index >= 15 is 0 Å². The first-order valence-electron chi connectivity index (χ1n) is 20.1. The van der Waals surface area contributed by atoms with Gasteiger partial charge in [0.15, 0.2) is 0 Å². The van der Waals surface area contributed by atoms with Crippen LogP contribution in [0.2, 0.25) is 0 Å². The summed E-state index contributed by atoms with van der Waals surface area (Å²) in [5, 5.41) is 0. The Kier molecular flexibility index (Phi) is 9.74. The molecule has 50 heavy (non-hydrogen) atoms. The number of hydrogen-bond donors (Lipinski definition) is 0. The highest BCUT2D eigenvalue weighted by Crippen LogP contribution is 2.52. The van der Waals surface area contributed by atoms with Gasteiger partial charge in [-0.2, -0.15) is 0 Å². The molecule has 0 N–H and O–H groups in total. The van der Waals surface area contributed by atoms with Crippen LogP contribution in [0.4, 0.5) is 0 Å². The van der Waals surface area contributed by atoms with Crippen LogP contribution in [0.15, 0.2) is 96.1 Å². The van der Waals surface area contributed by atoms with Crippen LogP contribution in [0.1, 0.15) is 150 Å². The molecule has 0 nitrogen and oxygen atoms in total. The lowest BCUT2D eigenvalue weighted by Gasteiger charge is -2.26. The topological polar surface area (TPSA) is 0 Å². The van der Waals surface area contributed by atoms with Gasteiger partial charge in [0.05, 0.1) is 0 Å². The molecule has 0 spiro atoms. The van der Waals surface area contributed by atoms with Crippen molar-refractivity contribution in [2.45, 2.75) is 117 Å². The minimum Gasteiger partial charge on any atom is -0.0613 e. The Balaban J connectivity index is 1.22. The molecule has 2 fully saturated rings. The molecule has 0 saturated heterocycles. The van der Waals surface area contributed by atoms with Crippen molar-refractivity contribution in [3.05, 3.63) is 142 Å². The molecule has 4 aliphatic carbocycles. The Bertz CT molecular complexity index is 1740. The molecule has 0 aliphatic heterocycles. The average Bonchev–Trinajstić information content (AvgIpc) is 3.73. The molecule has 8 rings (SSSR count). The van der Waals surface area contributed by atoms with Crippen molar-refractivity contribution in [3.8, 4) is 22.3 Å². The second-order valence-corrected chi connectivity index (χ2v) is 16.4. The van der Waals surface area contributed by atoms with E-state index in [9.17, 15) is 0 Å². The molecule has 0 atom stereocenters. The van der Waals surface area contributed by atoms with Gasteiger partial charge in [0.2, 0.25) is 0 Å². The highest BCUT2D eigenvalue weighted by molar-refractivity contribution is 5.94. The van der Waals surface area contributed by atoms with Crippen LogP contribution in [0.5, 0.6) is 0 Å². The van der Waals surface area contributed by atoms with Crippen LogP contribution in [0, 0.1) is 24.7 Å². The third-order valence-electron chi connectivity index (χ3n) is 12.6. The number of fused-ring (bicyclic) bond motifs is 2. The predicted octanol–water partition coefficient (Wildman–Crippen LogP) is 14.5. The molecule has 2 saturated carbocycles. The number of rotatable bonds is 9. The van der Waals surface area contributed by atoms with Gasteiger partial charge in [-0.05, 0) is 129 Å². The van der Waals surface area contributed by atoms with E-state index in [-0.39, 0.29) is 0 Å². The summed E-state index contributed by atoms with van der Waals surface area (Å²) in [6, 6.07) is 33.1. The molecule has 2 radical (unpaired) electrons. The maximum Gasteiger partial charge on any atom is 0.0170 e. The van der Waals surface area contributed by atoms with E-state index in [2.05, 4.69) is 125 Å². The average molecular weight is 657 g/mol. The van der Waals surface area contributed by atoms with Crippen molar-refractivity contribution in [1.82, 2.24) is 0 Å². The van der Waals surface area contributed by atoms with Gasteiger partial charge in [0, 0.05) is 12.8 Å². The van der Waals surface area contributed by atoms with Crippen molar-refractivity contribution >= 4 is 11.1 Å². The minimum absolute atomic E-state index is 0.544. The van der Waals surface area contributed by atoms with E-state index in [1.54, 1.807) is 22.3 Å². The largest absolute Gasteiger partial charge is 0.0613 e. The lowest BCUT2D eigenvalue weighted by Crippen LogP contribution is -2.10. The van der Waals surface area contributed by atoms with Crippen LogP contribution < -0.4 is 0 Å². The fourth-order valence-corrected chi connectivity index (χ4v) is 9.77. The molecule has 4 aromatic rings. The van der Waals surface area contributed by atoms with Crippen molar-refractivity contribution < 1.29 is 0 Å². The van der Waals surface area contributed by atoms with Crippen molar-refractivity contribution in [2.75, 3.05) is 0 Å². The summed E-state index contributed by atoms with van der Waals surface area (Å²) >= 11 is 0. The first-order valence-corrected chi connectivity index (χ1v) is 20.1. The molecule has 256 valence electrons. The molecule has 4 aliphatic rings. The molecular weight excluding hydrogens is 601 g/mol. The second kappa shape index (κ2) is 14.5. The fraction of sp³-hybridized carbons (Fsp3) is 0.400.